The Morgan fingerprint density at radius 1 is 1.36 bits per heavy atom. The molecule has 1 saturated carbocycles. The van der Waals surface area contributed by atoms with E-state index in [1.807, 2.05) is 0 Å². The molecule has 14 heavy (non-hydrogen) atoms. The Hall–Kier alpha value is -1.04. The van der Waals surface area contributed by atoms with Crippen molar-refractivity contribution in [3.63, 3.8) is 0 Å². The summed E-state index contributed by atoms with van der Waals surface area (Å²) < 4.78 is 0. The van der Waals surface area contributed by atoms with Crippen LogP contribution in [-0.2, 0) is 6.42 Å². The Morgan fingerprint density at radius 2 is 2.14 bits per heavy atom. The summed E-state index contributed by atoms with van der Waals surface area (Å²) in [5, 5.41) is 0. The maximum atomic E-state index is 2.32. The van der Waals surface area contributed by atoms with E-state index in [0.717, 1.165) is 11.8 Å². The molecule has 0 nitrogen and oxygen atoms in total. The standard InChI is InChI=1S/C14H16/c1-3-9(2)13-12-8-10-6-4-5-7-11(10)14(12)13/h4-7,12,14H,3,8H2,1-2H3/b13-9-/t12-,14-/m0/s1. The van der Waals surface area contributed by atoms with E-state index in [2.05, 4.69) is 38.1 Å². The highest BCUT2D eigenvalue weighted by Crippen LogP contribution is 2.62. The van der Waals surface area contributed by atoms with Gasteiger partial charge in [0.15, 0.2) is 0 Å². The van der Waals surface area contributed by atoms with Crippen LogP contribution in [0.15, 0.2) is 35.4 Å². The normalized spacial score (nSPS) is 31.0. The molecule has 0 heteroatoms. The average Bonchev–Trinajstić information content (AvgIpc) is 2.81. The molecule has 0 radical (unpaired) electrons. The van der Waals surface area contributed by atoms with Gasteiger partial charge < -0.3 is 0 Å². The zero-order chi connectivity index (χ0) is 9.71. The molecule has 1 fully saturated rings. The van der Waals surface area contributed by atoms with Crippen molar-refractivity contribution in [1.29, 1.82) is 0 Å². The molecule has 0 bridgehead atoms. The van der Waals surface area contributed by atoms with Crippen molar-refractivity contribution < 1.29 is 0 Å². The number of fused-ring (bicyclic) bond motifs is 3. The van der Waals surface area contributed by atoms with Gasteiger partial charge in [0.25, 0.3) is 0 Å². The lowest BCUT2D eigenvalue weighted by Crippen LogP contribution is -1.87. The van der Waals surface area contributed by atoms with Crippen molar-refractivity contribution in [2.75, 3.05) is 0 Å². The predicted molar refractivity (Wildman–Crippen MR) is 59.4 cm³/mol. The van der Waals surface area contributed by atoms with Gasteiger partial charge in [0.1, 0.15) is 0 Å². The highest BCUT2D eigenvalue weighted by molar-refractivity contribution is 5.56. The predicted octanol–water partition coefficient (Wildman–Crippen LogP) is 3.68. The minimum Gasteiger partial charge on any atom is -0.0734 e. The fraction of sp³-hybridized carbons (Fsp3) is 0.429. The third-order valence-electron chi connectivity index (χ3n) is 3.88. The van der Waals surface area contributed by atoms with E-state index in [4.69, 9.17) is 0 Å². The first kappa shape index (κ1) is 8.28. The Kier molecular flexibility index (Phi) is 1.61. The first-order chi connectivity index (χ1) is 6.83. The molecule has 0 spiro atoms. The summed E-state index contributed by atoms with van der Waals surface area (Å²) in [6.45, 7) is 4.57. The van der Waals surface area contributed by atoms with Crippen LogP contribution in [-0.4, -0.2) is 0 Å². The molecule has 0 aromatic heterocycles. The molecule has 0 heterocycles. The van der Waals surface area contributed by atoms with Crippen molar-refractivity contribution in [2.24, 2.45) is 5.92 Å². The van der Waals surface area contributed by atoms with Gasteiger partial charge in [-0.1, -0.05) is 42.3 Å². The van der Waals surface area contributed by atoms with Crippen molar-refractivity contribution in [1.82, 2.24) is 0 Å². The molecule has 1 aromatic rings. The third kappa shape index (κ3) is 0.943. The minimum atomic E-state index is 0.811. The van der Waals surface area contributed by atoms with Gasteiger partial charge in [-0.25, -0.2) is 0 Å². The smallest absolute Gasteiger partial charge is 0.0126 e. The first-order valence-corrected chi connectivity index (χ1v) is 5.60. The molecular weight excluding hydrogens is 168 g/mol. The second kappa shape index (κ2) is 2.73. The first-order valence-electron chi connectivity index (χ1n) is 5.60. The van der Waals surface area contributed by atoms with Crippen LogP contribution in [0, 0.1) is 5.92 Å². The highest BCUT2D eigenvalue weighted by atomic mass is 14.5. The molecule has 1 aromatic carbocycles. The van der Waals surface area contributed by atoms with Gasteiger partial charge in [-0.3, -0.25) is 0 Å². The van der Waals surface area contributed by atoms with Gasteiger partial charge in [0.05, 0.1) is 0 Å². The van der Waals surface area contributed by atoms with Crippen molar-refractivity contribution in [2.45, 2.75) is 32.6 Å². The lowest BCUT2D eigenvalue weighted by molar-refractivity contribution is 0.877. The van der Waals surface area contributed by atoms with Gasteiger partial charge in [0.2, 0.25) is 0 Å². The zero-order valence-corrected chi connectivity index (χ0v) is 8.88. The van der Waals surface area contributed by atoms with E-state index >= 15 is 0 Å². The number of allylic oxidation sites excluding steroid dienone is 2. The summed E-state index contributed by atoms with van der Waals surface area (Å²) in [4.78, 5) is 0. The maximum Gasteiger partial charge on any atom is 0.0126 e. The third-order valence-corrected chi connectivity index (χ3v) is 3.88. The van der Waals surface area contributed by atoms with Crippen LogP contribution in [0.2, 0.25) is 0 Å². The van der Waals surface area contributed by atoms with Crippen molar-refractivity contribution in [3.8, 4) is 0 Å². The lowest BCUT2D eigenvalue weighted by atomic mass is 10.0. The van der Waals surface area contributed by atoms with Crippen LogP contribution in [0.1, 0.15) is 37.3 Å². The van der Waals surface area contributed by atoms with E-state index in [1.165, 1.54) is 12.8 Å². The summed E-state index contributed by atoms with van der Waals surface area (Å²) in [5.41, 5.74) is 6.59. The fourth-order valence-electron chi connectivity index (χ4n) is 2.98. The number of benzene rings is 1. The minimum absolute atomic E-state index is 0.811. The summed E-state index contributed by atoms with van der Waals surface area (Å²) in [5.74, 6) is 1.69. The zero-order valence-electron chi connectivity index (χ0n) is 8.88. The number of rotatable bonds is 1. The van der Waals surface area contributed by atoms with Crippen LogP contribution in [0.4, 0.5) is 0 Å². The lowest BCUT2D eigenvalue weighted by Gasteiger charge is -2.03. The SMILES string of the molecule is CC/C(C)=C1/[C@@H]2Cc3ccccc3[C@H]12. The van der Waals surface area contributed by atoms with Crippen LogP contribution in [0.3, 0.4) is 0 Å². The van der Waals surface area contributed by atoms with Gasteiger partial charge in [-0.05, 0) is 36.8 Å². The van der Waals surface area contributed by atoms with Crippen molar-refractivity contribution >= 4 is 0 Å². The van der Waals surface area contributed by atoms with Gasteiger partial charge in [-0.2, -0.15) is 0 Å². The van der Waals surface area contributed by atoms with E-state index in [9.17, 15) is 0 Å². The maximum absolute atomic E-state index is 2.32. The molecule has 0 amide bonds. The summed E-state index contributed by atoms with van der Waals surface area (Å²) >= 11 is 0. The molecule has 0 saturated heterocycles. The topological polar surface area (TPSA) is 0 Å². The molecule has 2 atom stereocenters. The van der Waals surface area contributed by atoms with Crippen molar-refractivity contribution in [3.05, 3.63) is 46.5 Å². The largest absolute Gasteiger partial charge is 0.0734 e. The molecule has 2 aliphatic carbocycles. The van der Waals surface area contributed by atoms with Gasteiger partial charge in [-0.15, -0.1) is 0 Å². The van der Waals surface area contributed by atoms with Crippen LogP contribution in [0.5, 0.6) is 0 Å². The molecular formula is C14H16. The number of hydrogen-bond donors (Lipinski definition) is 0. The quantitative estimate of drug-likeness (QED) is 0.584. The molecule has 3 rings (SSSR count). The Bertz CT molecular complexity index is 412. The second-order valence-electron chi connectivity index (χ2n) is 4.58. The van der Waals surface area contributed by atoms with E-state index in [1.54, 1.807) is 22.3 Å². The molecule has 2 aliphatic rings. The summed E-state index contributed by atoms with van der Waals surface area (Å²) in [7, 11) is 0. The van der Waals surface area contributed by atoms with Crippen LogP contribution in [0.25, 0.3) is 0 Å². The van der Waals surface area contributed by atoms with E-state index in [0.29, 0.717) is 0 Å². The Labute approximate surface area is 85.6 Å². The summed E-state index contributed by atoms with van der Waals surface area (Å²) in [6.07, 6.45) is 2.53. The number of hydrogen-bond acceptors (Lipinski definition) is 0. The van der Waals surface area contributed by atoms with Gasteiger partial charge >= 0.3 is 0 Å². The second-order valence-corrected chi connectivity index (χ2v) is 4.58. The van der Waals surface area contributed by atoms with Crippen LogP contribution < -0.4 is 0 Å². The molecule has 0 aliphatic heterocycles. The molecule has 72 valence electrons. The van der Waals surface area contributed by atoms with E-state index < -0.39 is 0 Å². The molecule has 0 N–H and O–H groups in total. The summed E-state index contributed by atoms with van der Waals surface area (Å²) in [6, 6.07) is 8.95. The Balaban J connectivity index is 2.02. The molecule has 0 unspecified atom stereocenters. The monoisotopic (exact) mass is 184 g/mol. The average molecular weight is 184 g/mol. The fourth-order valence-corrected chi connectivity index (χ4v) is 2.98. The Morgan fingerprint density at radius 3 is 2.93 bits per heavy atom. The van der Waals surface area contributed by atoms with Gasteiger partial charge in [0, 0.05) is 5.92 Å². The van der Waals surface area contributed by atoms with E-state index in [-0.39, 0.29) is 0 Å². The van der Waals surface area contributed by atoms with Crippen LogP contribution >= 0.6 is 0 Å². The highest BCUT2D eigenvalue weighted by Gasteiger charge is 2.50.